The summed E-state index contributed by atoms with van der Waals surface area (Å²) in [5, 5.41) is 4.00. The van der Waals surface area contributed by atoms with Crippen LogP contribution in [0, 0.1) is 0 Å². The van der Waals surface area contributed by atoms with Gasteiger partial charge in [0.15, 0.2) is 0 Å². The van der Waals surface area contributed by atoms with Crippen LogP contribution in [0.3, 0.4) is 0 Å². The Morgan fingerprint density at radius 2 is 2.10 bits per heavy atom. The van der Waals surface area contributed by atoms with E-state index < -0.39 is 0 Å². The number of carbonyl (C=O) groups is 1. The first kappa shape index (κ1) is 12.1. The van der Waals surface area contributed by atoms with Crippen molar-refractivity contribution in [2.75, 3.05) is 5.32 Å². The van der Waals surface area contributed by atoms with E-state index in [1.807, 2.05) is 42.6 Å². The summed E-state index contributed by atoms with van der Waals surface area (Å²) in [6.45, 7) is 0. The molecule has 0 atom stereocenters. The van der Waals surface area contributed by atoms with E-state index in [0.29, 0.717) is 5.56 Å². The van der Waals surface area contributed by atoms with Gasteiger partial charge in [0.05, 0.1) is 15.7 Å². The van der Waals surface area contributed by atoms with E-state index in [4.69, 9.17) is 0 Å². The van der Waals surface area contributed by atoms with Gasteiger partial charge in [0.25, 0.3) is 5.91 Å². The van der Waals surface area contributed by atoms with Crippen LogP contribution in [-0.4, -0.2) is 15.9 Å². The van der Waals surface area contributed by atoms with Gasteiger partial charge in [-0.1, -0.05) is 0 Å². The number of carbonyl (C=O) groups excluding carboxylic acids is 1. The van der Waals surface area contributed by atoms with Gasteiger partial charge in [0.1, 0.15) is 0 Å². The zero-order chi connectivity index (χ0) is 14.2. The predicted octanol–water partition coefficient (Wildman–Crippen LogP) is 4.03. The number of nitrogens with zero attached hydrogens (tertiary/aromatic N) is 1. The molecule has 4 nitrogen and oxygen atoms in total. The van der Waals surface area contributed by atoms with Crippen molar-refractivity contribution < 1.29 is 4.79 Å². The van der Waals surface area contributed by atoms with Crippen LogP contribution >= 0.6 is 11.3 Å². The number of rotatable bonds is 2. The van der Waals surface area contributed by atoms with Crippen LogP contribution in [-0.2, 0) is 0 Å². The number of hydrogen-bond donors (Lipinski definition) is 2. The SMILES string of the molecule is O=C(Nc1ccc2[nH]ccc2c1)c1ccc2ncsc2c1. The molecule has 0 radical (unpaired) electrons. The Bertz CT molecular complexity index is 954. The fourth-order valence-corrected chi connectivity index (χ4v) is 3.05. The van der Waals surface area contributed by atoms with Gasteiger partial charge < -0.3 is 10.3 Å². The number of fused-ring (bicyclic) bond motifs is 2. The summed E-state index contributed by atoms with van der Waals surface area (Å²) in [5.74, 6) is -0.111. The minimum Gasteiger partial charge on any atom is -0.361 e. The number of thiazole rings is 1. The Labute approximate surface area is 124 Å². The number of hydrogen-bond acceptors (Lipinski definition) is 3. The normalized spacial score (nSPS) is 11.0. The maximum absolute atomic E-state index is 12.3. The molecule has 0 aliphatic carbocycles. The number of anilines is 1. The zero-order valence-electron chi connectivity index (χ0n) is 11.0. The average molecular weight is 293 g/mol. The molecule has 4 aromatic rings. The number of benzene rings is 2. The molecule has 0 unspecified atom stereocenters. The van der Waals surface area contributed by atoms with Crippen molar-refractivity contribution in [2.24, 2.45) is 0 Å². The molecule has 2 N–H and O–H groups in total. The summed E-state index contributed by atoms with van der Waals surface area (Å²) in [5.41, 5.74) is 5.19. The van der Waals surface area contributed by atoms with Gasteiger partial charge >= 0.3 is 0 Å². The van der Waals surface area contributed by atoms with E-state index in [-0.39, 0.29) is 5.91 Å². The summed E-state index contributed by atoms with van der Waals surface area (Å²) in [6.07, 6.45) is 1.88. The molecule has 0 aliphatic rings. The fraction of sp³-hybridized carbons (Fsp3) is 0. The molecular weight excluding hydrogens is 282 g/mol. The van der Waals surface area contributed by atoms with Gasteiger partial charge in [-0.25, -0.2) is 4.98 Å². The molecule has 2 aromatic carbocycles. The van der Waals surface area contributed by atoms with Gasteiger partial charge in [-0.2, -0.15) is 0 Å². The molecule has 4 rings (SSSR count). The third kappa shape index (κ3) is 2.17. The first-order valence-corrected chi connectivity index (χ1v) is 7.39. The van der Waals surface area contributed by atoms with Crippen molar-refractivity contribution >= 4 is 44.1 Å². The first-order valence-electron chi connectivity index (χ1n) is 6.51. The highest BCUT2D eigenvalue weighted by atomic mass is 32.1. The molecule has 0 saturated heterocycles. The van der Waals surface area contributed by atoms with Crippen molar-refractivity contribution in [2.45, 2.75) is 0 Å². The average Bonchev–Trinajstić information content (AvgIpc) is 3.14. The molecular formula is C16H11N3OS. The van der Waals surface area contributed by atoms with Gasteiger partial charge in [-0.05, 0) is 42.5 Å². The lowest BCUT2D eigenvalue weighted by atomic mass is 10.2. The van der Waals surface area contributed by atoms with Crippen LogP contribution in [0.4, 0.5) is 5.69 Å². The Kier molecular flexibility index (Phi) is 2.72. The van der Waals surface area contributed by atoms with Gasteiger partial charge in [0, 0.05) is 28.4 Å². The molecule has 0 fully saturated rings. The lowest BCUT2D eigenvalue weighted by Gasteiger charge is -2.05. The van der Waals surface area contributed by atoms with E-state index >= 15 is 0 Å². The zero-order valence-corrected chi connectivity index (χ0v) is 11.8. The van der Waals surface area contributed by atoms with Gasteiger partial charge in [0.2, 0.25) is 0 Å². The molecule has 1 amide bonds. The van der Waals surface area contributed by atoms with E-state index in [9.17, 15) is 4.79 Å². The topological polar surface area (TPSA) is 57.8 Å². The fourth-order valence-electron chi connectivity index (χ4n) is 2.33. The summed E-state index contributed by atoms with van der Waals surface area (Å²) < 4.78 is 1.02. The molecule has 0 spiro atoms. The standard InChI is InChI=1S/C16H11N3OS/c20-16(11-1-3-14-15(8-11)21-9-18-14)19-12-2-4-13-10(7-12)5-6-17-13/h1-9,17H,(H,19,20). The lowest BCUT2D eigenvalue weighted by Crippen LogP contribution is -2.11. The van der Waals surface area contributed by atoms with Crippen molar-refractivity contribution in [3.05, 3.63) is 59.7 Å². The van der Waals surface area contributed by atoms with E-state index in [0.717, 1.165) is 26.8 Å². The second-order valence-electron chi connectivity index (χ2n) is 4.77. The number of nitrogens with one attached hydrogen (secondary N) is 2. The van der Waals surface area contributed by atoms with Crippen LogP contribution in [0.25, 0.3) is 21.1 Å². The quantitative estimate of drug-likeness (QED) is 0.586. The highest BCUT2D eigenvalue weighted by Gasteiger charge is 2.08. The molecule has 0 aliphatic heterocycles. The number of amides is 1. The van der Waals surface area contributed by atoms with Crippen molar-refractivity contribution in [3.63, 3.8) is 0 Å². The minimum absolute atomic E-state index is 0.111. The first-order chi connectivity index (χ1) is 10.3. The maximum Gasteiger partial charge on any atom is 0.255 e. The monoisotopic (exact) mass is 293 g/mol. The van der Waals surface area contributed by atoms with E-state index in [1.165, 1.54) is 11.3 Å². The van der Waals surface area contributed by atoms with Crippen molar-refractivity contribution in [1.29, 1.82) is 0 Å². The predicted molar refractivity (Wildman–Crippen MR) is 85.9 cm³/mol. The Morgan fingerprint density at radius 1 is 1.14 bits per heavy atom. The van der Waals surface area contributed by atoms with Crippen LogP contribution in [0.15, 0.2) is 54.2 Å². The van der Waals surface area contributed by atoms with Crippen molar-refractivity contribution in [3.8, 4) is 0 Å². The third-order valence-electron chi connectivity index (χ3n) is 3.40. The molecule has 102 valence electrons. The molecule has 2 aromatic heterocycles. The summed E-state index contributed by atoms with van der Waals surface area (Å²) in [4.78, 5) is 19.7. The maximum atomic E-state index is 12.3. The molecule has 21 heavy (non-hydrogen) atoms. The summed E-state index contributed by atoms with van der Waals surface area (Å²) in [7, 11) is 0. The van der Waals surface area contributed by atoms with Crippen molar-refractivity contribution in [1.82, 2.24) is 9.97 Å². The van der Waals surface area contributed by atoms with Gasteiger partial charge in [-0.15, -0.1) is 11.3 Å². The Hall–Kier alpha value is -2.66. The second kappa shape index (κ2) is 4.71. The summed E-state index contributed by atoms with van der Waals surface area (Å²) >= 11 is 1.53. The number of H-pyrrole nitrogens is 1. The number of aromatic nitrogens is 2. The van der Waals surface area contributed by atoms with Crippen LogP contribution in [0.1, 0.15) is 10.4 Å². The lowest BCUT2D eigenvalue weighted by molar-refractivity contribution is 0.102. The molecule has 0 bridgehead atoms. The highest BCUT2D eigenvalue weighted by Crippen LogP contribution is 2.21. The molecule has 2 heterocycles. The smallest absolute Gasteiger partial charge is 0.255 e. The molecule has 5 heteroatoms. The number of aromatic amines is 1. The van der Waals surface area contributed by atoms with E-state index in [1.54, 1.807) is 11.6 Å². The largest absolute Gasteiger partial charge is 0.361 e. The summed E-state index contributed by atoms with van der Waals surface area (Å²) in [6, 6.07) is 13.3. The molecule has 0 saturated carbocycles. The minimum atomic E-state index is -0.111. The van der Waals surface area contributed by atoms with Gasteiger partial charge in [-0.3, -0.25) is 4.79 Å². The second-order valence-corrected chi connectivity index (χ2v) is 5.66. The highest BCUT2D eigenvalue weighted by molar-refractivity contribution is 7.16. The van der Waals surface area contributed by atoms with Crippen LogP contribution in [0.5, 0.6) is 0 Å². The third-order valence-corrected chi connectivity index (χ3v) is 4.20. The Balaban J connectivity index is 1.64. The van der Waals surface area contributed by atoms with Crippen LogP contribution in [0.2, 0.25) is 0 Å². The van der Waals surface area contributed by atoms with E-state index in [2.05, 4.69) is 15.3 Å². The van der Waals surface area contributed by atoms with Crippen LogP contribution < -0.4 is 5.32 Å². The Morgan fingerprint density at radius 3 is 3.05 bits per heavy atom.